The van der Waals surface area contributed by atoms with Crippen molar-refractivity contribution < 1.29 is 0 Å². The summed E-state index contributed by atoms with van der Waals surface area (Å²) in [5.41, 5.74) is 15.3. The van der Waals surface area contributed by atoms with Crippen LogP contribution in [0.25, 0.3) is 0 Å². The van der Waals surface area contributed by atoms with Crippen LogP contribution >= 0.6 is 36.4 Å². The highest BCUT2D eigenvalue weighted by Gasteiger charge is 2.08. The summed E-state index contributed by atoms with van der Waals surface area (Å²) in [4.78, 5) is 4.47. The van der Waals surface area contributed by atoms with E-state index in [1.165, 1.54) is 0 Å². The van der Waals surface area contributed by atoms with E-state index in [-0.39, 0.29) is 24.8 Å². The van der Waals surface area contributed by atoms with Gasteiger partial charge in [-0.3, -0.25) is 0 Å². The van der Waals surface area contributed by atoms with Crippen LogP contribution < -0.4 is 21.3 Å². The molecular weight excluding hydrogens is 367 g/mol. The quantitative estimate of drug-likeness (QED) is 0.555. The van der Waals surface area contributed by atoms with Crippen molar-refractivity contribution in [3.63, 3.8) is 0 Å². The normalized spacial score (nSPS) is 9.58. The smallest absolute Gasteiger partial charge is 0.0399 e. The Kier molecular flexibility index (Phi) is 10.4. The number of hydrogen-bond donors (Lipinski definition) is 2. The summed E-state index contributed by atoms with van der Waals surface area (Å²) < 4.78 is 0. The molecule has 0 aromatic heterocycles. The van der Waals surface area contributed by atoms with Gasteiger partial charge in [0.15, 0.2) is 0 Å². The molecule has 0 fully saturated rings. The first-order chi connectivity index (χ1) is 10.6. The van der Waals surface area contributed by atoms with Crippen LogP contribution in [0.5, 0.6) is 0 Å². The molecule has 4 N–H and O–H groups in total. The van der Waals surface area contributed by atoms with Gasteiger partial charge < -0.3 is 21.3 Å². The van der Waals surface area contributed by atoms with Crippen molar-refractivity contribution in [2.24, 2.45) is 0 Å². The Balaban J connectivity index is 0.00000264. The molecule has 0 amide bonds. The van der Waals surface area contributed by atoms with Crippen molar-refractivity contribution >= 4 is 59.2 Å². The molecule has 0 aliphatic carbocycles. The number of halogens is 3. The predicted octanol–water partition coefficient (Wildman–Crippen LogP) is 3.88. The number of anilines is 4. The zero-order valence-electron chi connectivity index (χ0n) is 13.7. The van der Waals surface area contributed by atoms with Gasteiger partial charge in [0, 0.05) is 55.3 Å². The minimum absolute atomic E-state index is 0. The van der Waals surface area contributed by atoms with E-state index in [0.29, 0.717) is 5.88 Å². The lowest BCUT2D eigenvalue weighted by Gasteiger charge is -2.28. The molecule has 134 valence electrons. The lowest BCUT2D eigenvalue weighted by Crippen LogP contribution is -2.34. The second-order valence-electron chi connectivity index (χ2n) is 5.28. The third-order valence-corrected chi connectivity index (χ3v) is 3.82. The first-order valence-corrected chi connectivity index (χ1v) is 7.86. The fourth-order valence-electron chi connectivity index (χ4n) is 2.29. The standard InChI is InChI=1S/C17H23ClN4.2ClH/c1-21(16-6-2-14(19)3-7-16)12-13-22(11-10-18)17-8-4-15(20)5-9-17;;/h2-9H,10-13,19-20H2,1H3;2*1H. The highest BCUT2D eigenvalue weighted by molar-refractivity contribution is 6.18. The third-order valence-electron chi connectivity index (χ3n) is 3.65. The largest absolute Gasteiger partial charge is 0.399 e. The van der Waals surface area contributed by atoms with Crippen molar-refractivity contribution in [2.75, 3.05) is 53.8 Å². The summed E-state index contributed by atoms with van der Waals surface area (Å²) >= 11 is 5.93. The molecule has 7 heteroatoms. The minimum Gasteiger partial charge on any atom is -0.399 e. The summed E-state index contributed by atoms with van der Waals surface area (Å²) in [6, 6.07) is 15.8. The fourth-order valence-corrected chi connectivity index (χ4v) is 2.49. The van der Waals surface area contributed by atoms with Gasteiger partial charge in [-0.25, -0.2) is 0 Å². The molecule has 0 aliphatic heterocycles. The molecule has 2 rings (SSSR count). The van der Waals surface area contributed by atoms with Crippen LogP contribution in [-0.4, -0.2) is 32.6 Å². The highest BCUT2D eigenvalue weighted by atomic mass is 35.5. The van der Waals surface area contributed by atoms with Gasteiger partial charge >= 0.3 is 0 Å². The Morgan fingerprint density at radius 3 is 1.67 bits per heavy atom. The topological polar surface area (TPSA) is 58.5 Å². The van der Waals surface area contributed by atoms with E-state index in [4.69, 9.17) is 23.1 Å². The lowest BCUT2D eigenvalue weighted by atomic mass is 10.2. The Morgan fingerprint density at radius 2 is 1.21 bits per heavy atom. The first-order valence-electron chi connectivity index (χ1n) is 7.33. The Bertz CT molecular complexity index is 575. The molecule has 0 aliphatic rings. The number of benzene rings is 2. The van der Waals surface area contributed by atoms with Gasteiger partial charge in [0.25, 0.3) is 0 Å². The number of rotatable bonds is 7. The van der Waals surface area contributed by atoms with Crippen LogP contribution in [0, 0.1) is 0 Å². The van der Waals surface area contributed by atoms with Crippen LogP contribution in [0.4, 0.5) is 22.7 Å². The molecule has 4 nitrogen and oxygen atoms in total. The molecule has 0 saturated carbocycles. The summed E-state index contributed by atoms with van der Waals surface area (Å²) in [6.45, 7) is 2.59. The van der Waals surface area contributed by atoms with Gasteiger partial charge in [-0.05, 0) is 48.5 Å². The number of alkyl halides is 1. The summed E-state index contributed by atoms with van der Waals surface area (Å²) in [7, 11) is 2.08. The molecule has 0 unspecified atom stereocenters. The summed E-state index contributed by atoms with van der Waals surface area (Å²) in [5, 5.41) is 0. The molecule has 2 aromatic rings. The lowest BCUT2D eigenvalue weighted by molar-refractivity contribution is 0.787. The predicted molar refractivity (Wildman–Crippen MR) is 112 cm³/mol. The maximum Gasteiger partial charge on any atom is 0.0399 e. The van der Waals surface area contributed by atoms with Gasteiger partial charge in [0.2, 0.25) is 0 Å². The van der Waals surface area contributed by atoms with E-state index in [1.807, 2.05) is 48.5 Å². The first kappa shape index (κ1) is 22.5. The monoisotopic (exact) mass is 390 g/mol. The van der Waals surface area contributed by atoms with Crippen molar-refractivity contribution in [3.05, 3.63) is 48.5 Å². The van der Waals surface area contributed by atoms with Gasteiger partial charge in [-0.2, -0.15) is 0 Å². The molecular formula is C17H25Cl3N4. The van der Waals surface area contributed by atoms with Gasteiger partial charge in [0.1, 0.15) is 0 Å². The van der Waals surface area contributed by atoms with Crippen LogP contribution in [0.15, 0.2) is 48.5 Å². The van der Waals surface area contributed by atoms with Crippen molar-refractivity contribution in [3.8, 4) is 0 Å². The zero-order chi connectivity index (χ0) is 15.9. The summed E-state index contributed by atoms with van der Waals surface area (Å²) in [6.07, 6.45) is 0. The van der Waals surface area contributed by atoms with Gasteiger partial charge in [-0.1, -0.05) is 0 Å². The Labute approximate surface area is 161 Å². The number of nitrogen functional groups attached to an aromatic ring is 2. The van der Waals surface area contributed by atoms with Crippen LogP contribution in [0.3, 0.4) is 0 Å². The highest BCUT2D eigenvalue weighted by Crippen LogP contribution is 2.18. The Morgan fingerprint density at radius 1 is 0.750 bits per heavy atom. The number of nitrogens with zero attached hydrogens (tertiary/aromatic N) is 2. The van der Waals surface area contributed by atoms with Crippen molar-refractivity contribution in [2.45, 2.75) is 0 Å². The molecule has 24 heavy (non-hydrogen) atoms. The Hall–Kier alpha value is -1.49. The second-order valence-corrected chi connectivity index (χ2v) is 5.66. The minimum atomic E-state index is 0. The van der Waals surface area contributed by atoms with Gasteiger partial charge in [0.05, 0.1) is 0 Å². The molecule has 0 radical (unpaired) electrons. The number of likely N-dealkylation sites (N-methyl/N-ethyl adjacent to an activating group) is 1. The van der Waals surface area contributed by atoms with Crippen molar-refractivity contribution in [1.82, 2.24) is 0 Å². The summed E-state index contributed by atoms with van der Waals surface area (Å²) in [5.74, 6) is 0.593. The maximum absolute atomic E-state index is 5.93. The molecule has 2 aromatic carbocycles. The average molecular weight is 392 g/mol. The van der Waals surface area contributed by atoms with E-state index in [1.54, 1.807) is 0 Å². The molecule has 0 saturated heterocycles. The maximum atomic E-state index is 5.93. The van der Waals surface area contributed by atoms with Crippen molar-refractivity contribution in [1.29, 1.82) is 0 Å². The van der Waals surface area contributed by atoms with Gasteiger partial charge in [-0.15, -0.1) is 36.4 Å². The SMILES string of the molecule is CN(CCN(CCCl)c1ccc(N)cc1)c1ccc(N)cc1.Cl.Cl. The van der Waals surface area contributed by atoms with Crippen LogP contribution in [-0.2, 0) is 0 Å². The fraction of sp³-hybridized carbons (Fsp3) is 0.294. The zero-order valence-corrected chi connectivity index (χ0v) is 16.1. The molecule has 0 spiro atoms. The number of hydrogen-bond acceptors (Lipinski definition) is 4. The van der Waals surface area contributed by atoms with E-state index >= 15 is 0 Å². The third kappa shape index (κ3) is 6.56. The second kappa shape index (κ2) is 11.1. The molecule has 0 bridgehead atoms. The van der Waals surface area contributed by atoms with Crippen LogP contribution in [0.1, 0.15) is 0 Å². The number of nitrogens with two attached hydrogens (primary N) is 2. The van der Waals surface area contributed by atoms with E-state index in [2.05, 4.69) is 16.8 Å². The van der Waals surface area contributed by atoms with E-state index in [0.717, 1.165) is 42.4 Å². The average Bonchev–Trinajstić information content (AvgIpc) is 2.53. The molecule has 0 atom stereocenters. The molecule has 0 heterocycles. The van der Waals surface area contributed by atoms with E-state index in [9.17, 15) is 0 Å². The van der Waals surface area contributed by atoms with E-state index < -0.39 is 0 Å². The van der Waals surface area contributed by atoms with Crippen LogP contribution in [0.2, 0.25) is 0 Å².